The molecule has 0 bridgehead atoms. The molecule has 4 N–H and O–H groups in total. The second-order valence-electron chi connectivity index (χ2n) is 1.82. The van der Waals surface area contributed by atoms with Gasteiger partial charge in [0.1, 0.15) is 6.61 Å². The summed E-state index contributed by atoms with van der Waals surface area (Å²) in [6.45, 7) is -0.775. The fourth-order valence-electron chi connectivity index (χ4n) is 0.280. The third-order valence-electron chi connectivity index (χ3n) is 0.667. The third kappa shape index (κ3) is 19.2. The number of alkyl halides is 1. The highest BCUT2D eigenvalue weighted by Gasteiger charge is 2.11. The summed E-state index contributed by atoms with van der Waals surface area (Å²) in [4.78, 5) is 19.5. The molecule has 0 aliphatic carbocycles. The van der Waals surface area contributed by atoms with E-state index in [1.54, 1.807) is 0 Å². The smallest absolute Gasteiger partial charge is 0.450 e. The zero-order valence-corrected chi connectivity index (χ0v) is 8.25. The van der Waals surface area contributed by atoms with Gasteiger partial charge in [-0.25, -0.2) is 9.59 Å². The van der Waals surface area contributed by atoms with Crippen molar-refractivity contribution in [2.45, 2.75) is 5.56 Å². The lowest BCUT2D eigenvalue weighted by Gasteiger charge is -2.06. The van der Waals surface area contributed by atoms with E-state index in [1.165, 1.54) is 0 Å². The van der Waals surface area contributed by atoms with Gasteiger partial charge in [-0.05, 0) is 0 Å². The molecule has 9 heteroatoms. The Kier molecular flexibility index (Phi) is 11.7. The Bertz CT molecular complexity index is 182. The van der Waals surface area contributed by atoms with Crippen molar-refractivity contribution in [1.82, 2.24) is 0 Å². The van der Waals surface area contributed by atoms with Crippen molar-refractivity contribution in [3.63, 3.8) is 0 Å². The van der Waals surface area contributed by atoms with Gasteiger partial charge in [0.05, 0.1) is 13.2 Å². The van der Waals surface area contributed by atoms with Crippen molar-refractivity contribution in [3.8, 4) is 0 Å². The minimum atomic E-state index is -1.58. The molecule has 0 saturated carbocycles. The topological polar surface area (TPSA) is 134 Å². The Morgan fingerprint density at radius 3 is 1.87 bits per heavy atom. The quantitative estimate of drug-likeness (QED) is 0.399. The van der Waals surface area contributed by atoms with Crippen LogP contribution in [0.25, 0.3) is 0 Å². The first-order valence-electron chi connectivity index (χ1n) is 3.55. The Morgan fingerprint density at radius 1 is 1.13 bits per heavy atom. The van der Waals surface area contributed by atoms with E-state index in [1.807, 2.05) is 0 Å². The first-order chi connectivity index (χ1) is 6.93. The number of carboxylic acid groups (broad SMARTS) is 2. The molecule has 0 saturated heterocycles. The SMILES string of the molecule is O=C(O)OCC(Cl)OC(=O)O.OCCO. The van der Waals surface area contributed by atoms with Crippen molar-refractivity contribution >= 4 is 23.9 Å². The lowest BCUT2D eigenvalue weighted by molar-refractivity contribution is 0.0336. The van der Waals surface area contributed by atoms with E-state index in [9.17, 15) is 9.59 Å². The van der Waals surface area contributed by atoms with Crippen LogP contribution in [0.1, 0.15) is 0 Å². The molecule has 90 valence electrons. The van der Waals surface area contributed by atoms with Gasteiger partial charge < -0.3 is 29.9 Å². The second kappa shape index (κ2) is 10.8. The third-order valence-corrected chi connectivity index (χ3v) is 0.882. The highest BCUT2D eigenvalue weighted by atomic mass is 35.5. The van der Waals surface area contributed by atoms with Crippen molar-refractivity contribution in [2.24, 2.45) is 0 Å². The Balaban J connectivity index is 0. The van der Waals surface area contributed by atoms with E-state index >= 15 is 0 Å². The number of ether oxygens (including phenoxy) is 2. The first kappa shape index (κ1) is 16.2. The van der Waals surface area contributed by atoms with Crippen LogP contribution < -0.4 is 0 Å². The lowest BCUT2D eigenvalue weighted by Crippen LogP contribution is -2.18. The molecule has 1 atom stereocenters. The Morgan fingerprint density at radius 2 is 1.60 bits per heavy atom. The molecule has 0 heterocycles. The predicted octanol–water partition coefficient (Wildman–Crippen LogP) is -0.0885. The number of hydrogen-bond acceptors (Lipinski definition) is 6. The fraction of sp³-hybridized carbons (Fsp3) is 0.667. The van der Waals surface area contributed by atoms with Gasteiger partial charge in [0.2, 0.25) is 5.56 Å². The van der Waals surface area contributed by atoms with E-state index in [0.717, 1.165) is 0 Å². The summed E-state index contributed by atoms with van der Waals surface area (Å²) in [7, 11) is 0. The van der Waals surface area contributed by atoms with Gasteiger partial charge in [0.15, 0.2) is 0 Å². The lowest BCUT2D eigenvalue weighted by atomic mass is 10.8. The number of rotatable bonds is 4. The molecule has 0 aliphatic rings. The van der Waals surface area contributed by atoms with E-state index in [-0.39, 0.29) is 13.2 Å². The standard InChI is InChI=1S/C4H5ClO6.C2H6O2/c5-2(11-4(8)9)1-10-3(6)7;3-1-2-4/h2H,1H2,(H,6,7)(H,8,9);3-4H,1-2H2. The van der Waals surface area contributed by atoms with Crippen LogP contribution in [-0.2, 0) is 9.47 Å². The monoisotopic (exact) mass is 246 g/mol. The molecule has 0 aromatic rings. The van der Waals surface area contributed by atoms with Crippen molar-refractivity contribution in [1.29, 1.82) is 0 Å². The van der Waals surface area contributed by atoms with Crippen LogP contribution in [0.2, 0.25) is 0 Å². The van der Waals surface area contributed by atoms with E-state index in [0.29, 0.717) is 0 Å². The van der Waals surface area contributed by atoms with Gasteiger partial charge in [0, 0.05) is 0 Å². The molecule has 15 heavy (non-hydrogen) atoms. The summed E-state index contributed by atoms with van der Waals surface area (Å²) >= 11 is 5.13. The molecule has 0 aromatic carbocycles. The summed E-state index contributed by atoms with van der Waals surface area (Å²) in [6.07, 6.45) is -3.12. The number of aliphatic hydroxyl groups is 2. The van der Waals surface area contributed by atoms with Crippen molar-refractivity contribution in [2.75, 3.05) is 19.8 Å². The molecular weight excluding hydrogens is 236 g/mol. The summed E-state index contributed by atoms with van der Waals surface area (Å²) < 4.78 is 7.80. The molecule has 0 spiro atoms. The van der Waals surface area contributed by atoms with Gasteiger partial charge in [0.25, 0.3) is 0 Å². The number of carbonyl (C=O) groups is 2. The van der Waals surface area contributed by atoms with Crippen LogP contribution in [0.3, 0.4) is 0 Å². The van der Waals surface area contributed by atoms with Gasteiger partial charge in [-0.15, -0.1) is 0 Å². The molecule has 1 unspecified atom stereocenters. The Hall–Kier alpha value is -1.25. The summed E-state index contributed by atoms with van der Waals surface area (Å²) in [5.41, 5.74) is -1.30. The van der Waals surface area contributed by atoms with Crippen LogP contribution >= 0.6 is 11.6 Å². The van der Waals surface area contributed by atoms with E-state index < -0.39 is 24.5 Å². The van der Waals surface area contributed by atoms with Crippen LogP contribution in [0, 0.1) is 0 Å². The molecule has 0 radical (unpaired) electrons. The van der Waals surface area contributed by atoms with Gasteiger partial charge in [-0.2, -0.15) is 0 Å². The summed E-state index contributed by atoms with van der Waals surface area (Å²) in [5, 5.41) is 31.1. The van der Waals surface area contributed by atoms with Crippen LogP contribution in [0.5, 0.6) is 0 Å². The van der Waals surface area contributed by atoms with Gasteiger partial charge in [-0.1, -0.05) is 11.6 Å². The molecule has 0 amide bonds. The van der Waals surface area contributed by atoms with Gasteiger partial charge >= 0.3 is 12.3 Å². The normalized spacial score (nSPS) is 10.6. The minimum absolute atomic E-state index is 0.125. The van der Waals surface area contributed by atoms with Crippen LogP contribution in [-0.4, -0.2) is 58.1 Å². The minimum Gasteiger partial charge on any atom is -0.450 e. The zero-order chi connectivity index (χ0) is 12.3. The maximum absolute atomic E-state index is 9.74. The highest BCUT2D eigenvalue weighted by Crippen LogP contribution is 1.99. The van der Waals surface area contributed by atoms with Gasteiger partial charge in [-0.3, -0.25) is 0 Å². The van der Waals surface area contributed by atoms with Crippen molar-refractivity contribution in [3.05, 3.63) is 0 Å². The van der Waals surface area contributed by atoms with Crippen molar-refractivity contribution < 1.29 is 39.5 Å². The summed E-state index contributed by atoms with van der Waals surface area (Å²) in [6, 6.07) is 0. The average molecular weight is 247 g/mol. The predicted molar refractivity (Wildman–Crippen MR) is 46.9 cm³/mol. The number of aliphatic hydroxyl groups excluding tert-OH is 2. The average Bonchev–Trinajstić information content (AvgIpc) is 2.14. The largest absolute Gasteiger partial charge is 0.507 e. The maximum Gasteiger partial charge on any atom is 0.507 e. The molecule has 0 fully saturated rings. The fourth-order valence-corrected chi connectivity index (χ4v) is 0.419. The highest BCUT2D eigenvalue weighted by molar-refractivity contribution is 6.20. The number of halogens is 1. The first-order valence-corrected chi connectivity index (χ1v) is 3.98. The van der Waals surface area contributed by atoms with E-state index in [2.05, 4.69) is 9.47 Å². The van der Waals surface area contributed by atoms with Crippen LogP contribution in [0.15, 0.2) is 0 Å². The molecular formula is C6H11ClO8. The zero-order valence-electron chi connectivity index (χ0n) is 7.50. The molecule has 0 aliphatic heterocycles. The Labute approximate surface area is 89.6 Å². The van der Waals surface area contributed by atoms with E-state index in [4.69, 9.17) is 32.0 Å². The summed E-state index contributed by atoms with van der Waals surface area (Å²) in [5.74, 6) is 0. The second-order valence-corrected chi connectivity index (χ2v) is 2.30. The van der Waals surface area contributed by atoms with Crippen LogP contribution in [0.4, 0.5) is 9.59 Å². The maximum atomic E-state index is 9.74. The number of hydrogen-bond donors (Lipinski definition) is 4. The molecule has 8 nitrogen and oxygen atoms in total. The molecule has 0 aromatic heterocycles. The molecule has 0 rings (SSSR count).